The van der Waals surface area contributed by atoms with E-state index >= 15 is 0 Å². The third-order valence-electron chi connectivity index (χ3n) is 4.39. The molecule has 1 heterocycles. The molecule has 2 aromatic rings. The molecule has 0 unspecified atom stereocenters. The van der Waals surface area contributed by atoms with E-state index in [0.717, 1.165) is 12.1 Å². The number of amides is 2. The summed E-state index contributed by atoms with van der Waals surface area (Å²) < 4.78 is 15.8. The summed E-state index contributed by atoms with van der Waals surface area (Å²) in [6.07, 6.45) is 1.41. The second kappa shape index (κ2) is 10.3. The average molecular weight is 412 g/mol. The first-order valence-corrected chi connectivity index (χ1v) is 9.77. The molecule has 2 amide bonds. The van der Waals surface area contributed by atoms with Crippen molar-refractivity contribution in [3.63, 3.8) is 0 Å². The lowest BCUT2D eigenvalue weighted by atomic mass is 10.2. The van der Waals surface area contributed by atoms with Crippen LogP contribution in [0.4, 0.5) is 11.4 Å². The van der Waals surface area contributed by atoms with Crippen LogP contribution in [0.25, 0.3) is 0 Å². The van der Waals surface area contributed by atoms with Crippen molar-refractivity contribution < 1.29 is 28.6 Å². The van der Waals surface area contributed by atoms with Crippen LogP contribution in [0.3, 0.4) is 0 Å². The molecule has 1 aliphatic rings. The Morgan fingerprint density at radius 3 is 2.33 bits per heavy atom. The molecule has 8 nitrogen and oxygen atoms in total. The number of ether oxygens (including phenoxy) is 3. The van der Waals surface area contributed by atoms with Crippen molar-refractivity contribution in [2.75, 3.05) is 36.6 Å². The summed E-state index contributed by atoms with van der Waals surface area (Å²) in [4.78, 5) is 37.4. The van der Waals surface area contributed by atoms with Crippen LogP contribution in [0.15, 0.2) is 48.5 Å². The number of rotatable bonds is 9. The molecule has 30 heavy (non-hydrogen) atoms. The highest BCUT2D eigenvalue weighted by molar-refractivity contribution is 5.96. The summed E-state index contributed by atoms with van der Waals surface area (Å²) in [5.74, 6) is -0.0749. The van der Waals surface area contributed by atoms with Crippen molar-refractivity contribution in [2.24, 2.45) is 0 Å². The Labute approximate surface area is 174 Å². The van der Waals surface area contributed by atoms with Crippen molar-refractivity contribution in [3.05, 3.63) is 48.5 Å². The summed E-state index contributed by atoms with van der Waals surface area (Å²) in [5, 5.41) is 2.65. The van der Waals surface area contributed by atoms with Crippen molar-refractivity contribution in [3.8, 4) is 11.5 Å². The lowest BCUT2D eigenvalue weighted by molar-refractivity contribution is -0.149. The molecule has 1 aliphatic heterocycles. The van der Waals surface area contributed by atoms with Crippen LogP contribution in [0.1, 0.15) is 19.8 Å². The number of esters is 1. The van der Waals surface area contributed by atoms with Gasteiger partial charge in [0.2, 0.25) is 5.91 Å². The van der Waals surface area contributed by atoms with E-state index in [1.807, 2.05) is 6.92 Å². The van der Waals surface area contributed by atoms with Gasteiger partial charge < -0.3 is 24.4 Å². The minimum absolute atomic E-state index is 0.102. The van der Waals surface area contributed by atoms with E-state index in [0.29, 0.717) is 36.8 Å². The lowest BCUT2D eigenvalue weighted by Crippen LogP contribution is -2.24. The molecule has 1 N–H and O–H groups in total. The van der Waals surface area contributed by atoms with Gasteiger partial charge in [0, 0.05) is 24.3 Å². The van der Waals surface area contributed by atoms with Crippen molar-refractivity contribution in [1.82, 2.24) is 0 Å². The zero-order chi connectivity index (χ0) is 21.3. The Bertz CT molecular complexity index is 897. The summed E-state index contributed by atoms with van der Waals surface area (Å²) in [6, 6.07) is 13.9. The van der Waals surface area contributed by atoms with Gasteiger partial charge in [0.25, 0.3) is 5.91 Å². The average Bonchev–Trinajstić information content (AvgIpc) is 3.18. The fourth-order valence-corrected chi connectivity index (χ4v) is 3.01. The Morgan fingerprint density at radius 2 is 1.70 bits per heavy atom. The fraction of sp³-hybridized carbons (Fsp3) is 0.318. The molecule has 1 fully saturated rings. The first kappa shape index (κ1) is 21.2. The Hall–Kier alpha value is -3.55. The van der Waals surface area contributed by atoms with Gasteiger partial charge in [0.15, 0.2) is 24.7 Å². The number of benzene rings is 2. The van der Waals surface area contributed by atoms with E-state index in [1.165, 1.54) is 0 Å². The van der Waals surface area contributed by atoms with Crippen LogP contribution in [0, 0.1) is 0 Å². The molecule has 0 bridgehead atoms. The molecule has 158 valence electrons. The summed E-state index contributed by atoms with van der Waals surface area (Å²) in [5.41, 5.74) is 1.35. The van der Waals surface area contributed by atoms with Gasteiger partial charge in [-0.15, -0.1) is 0 Å². The van der Waals surface area contributed by atoms with Crippen molar-refractivity contribution in [2.45, 2.75) is 19.8 Å². The number of hydrogen-bond acceptors (Lipinski definition) is 6. The normalized spacial score (nSPS) is 13.1. The second-order valence-electron chi connectivity index (χ2n) is 6.57. The fourth-order valence-electron chi connectivity index (χ4n) is 3.01. The number of nitrogens with zero attached hydrogens (tertiary/aromatic N) is 1. The Morgan fingerprint density at radius 1 is 1.00 bits per heavy atom. The molecular formula is C22H24N2O6. The summed E-state index contributed by atoms with van der Waals surface area (Å²) in [7, 11) is 0. The predicted octanol–water partition coefficient (Wildman–Crippen LogP) is 2.77. The molecule has 0 saturated carbocycles. The Kier molecular flexibility index (Phi) is 7.26. The van der Waals surface area contributed by atoms with E-state index in [9.17, 15) is 14.4 Å². The SMILES string of the molecule is CCOc1ccccc1OCC(=O)OCC(=O)Nc1ccc(N2CCCC2=O)cc1. The lowest BCUT2D eigenvalue weighted by Gasteiger charge is -2.16. The minimum Gasteiger partial charge on any atom is -0.490 e. The summed E-state index contributed by atoms with van der Waals surface area (Å²) in [6.45, 7) is 2.26. The smallest absolute Gasteiger partial charge is 0.344 e. The number of nitrogens with one attached hydrogen (secondary N) is 1. The quantitative estimate of drug-likeness (QED) is 0.637. The maximum atomic E-state index is 12.0. The highest BCUT2D eigenvalue weighted by Crippen LogP contribution is 2.26. The maximum absolute atomic E-state index is 12.0. The molecule has 2 aromatic carbocycles. The third kappa shape index (κ3) is 5.73. The third-order valence-corrected chi connectivity index (χ3v) is 4.39. The molecule has 0 aliphatic carbocycles. The number of para-hydroxylation sites is 2. The van der Waals surface area contributed by atoms with Gasteiger partial charge in [-0.1, -0.05) is 12.1 Å². The number of carbonyl (C=O) groups excluding carboxylic acids is 3. The number of carbonyl (C=O) groups is 3. The van der Waals surface area contributed by atoms with Crippen LogP contribution >= 0.6 is 0 Å². The van der Waals surface area contributed by atoms with Crippen LogP contribution in [0.2, 0.25) is 0 Å². The highest BCUT2D eigenvalue weighted by Gasteiger charge is 2.21. The van der Waals surface area contributed by atoms with Gasteiger partial charge in [0.05, 0.1) is 6.61 Å². The van der Waals surface area contributed by atoms with E-state index in [4.69, 9.17) is 14.2 Å². The second-order valence-corrected chi connectivity index (χ2v) is 6.57. The molecule has 0 spiro atoms. The van der Waals surface area contributed by atoms with Crippen molar-refractivity contribution >= 4 is 29.2 Å². The molecule has 0 atom stereocenters. The number of anilines is 2. The van der Waals surface area contributed by atoms with Gasteiger partial charge in [-0.2, -0.15) is 0 Å². The highest BCUT2D eigenvalue weighted by atomic mass is 16.6. The van der Waals surface area contributed by atoms with Gasteiger partial charge in [-0.25, -0.2) is 4.79 Å². The van der Waals surface area contributed by atoms with Gasteiger partial charge in [-0.3, -0.25) is 9.59 Å². The molecule has 8 heteroatoms. The van der Waals surface area contributed by atoms with Gasteiger partial charge in [-0.05, 0) is 49.7 Å². The van der Waals surface area contributed by atoms with Crippen LogP contribution in [0.5, 0.6) is 11.5 Å². The standard InChI is InChI=1S/C22H24N2O6/c1-2-28-18-6-3-4-7-19(18)29-15-22(27)30-14-20(25)23-16-9-11-17(12-10-16)24-13-5-8-21(24)26/h3-4,6-7,9-12H,2,5,8,13-15H2,1H3,(H,23,25). The van der Waals surface area contributed by atoms with Crippen LogP contribution in [-0.2, 0) is 19.1 Å². The van der Waals surface area contributed by atoms with Crippen molar-refractivity contribution in [1.29, 1.82) is 0 Å². The zero-order valence-electron chi connectivity index (χ0n) is 16.8. The maximum Gasteiger partial charge on any atom is 0.344 e. The first-order chi connectivity index (χ1) is 14.6. The van der Waals surface area contributed by atoms with Crippen LogP contribution < -0.4 is 19.7 Å². The summed E-state index contributed by atoms with van der Waals surface area (Å²) >= 11 is 0. The monoisotopic (exact) mass is 412 g/mol. The number of hydrogen-bond donors (Lipinski definition) is 1. The van der Waals surface area contributed by atoms with E-state index in [2.05, 4.69) is 5.32 Å². The van der Waals surface area contributed by atoms with Crippen LogP contribution in [-0.4, -0.2) is 44.1 Å². The Balaban J connectivity index is 1.42. The van der Waals surface area contributed by atoms with E-state index < -0.39 is 18.5 Å². The van der Waals surface area contributed by atoms with Gasteiger partial charge in [0.1, 0.15) is 0 Å². The topological polar surface area (TPSA) is 94.2 Å². The van der Waals surface area contributed by atoms with E-state index in [-0.39, 0.29) is 12.5 Å². The first-order valence-electron chi connectivity index (χ1n) is 9.77. The molecule has 3 rings (SSSR count). The molecular weight excluding hydrogens is 388 g/mol. The van der Waals surface area contributed by atoms with E-state index in [1.54, 1.807) is 53.4 Å². The predicted molar refractivity (Wildman–Crippen MR) is 111 cm³/mol. The van der Waals surface area contributed by atoms with Gasteiger partial charge >= 0.3 is 5.97 Å². The molecule has 0 aromatic heterocycles. The molecule has 0 radical (unpaired) electrons. The largest absolute Gasteiger partial charge is 0.490 e. The zero-order valence-corrected chi connectivity index (χ0v) is 16.8. The minimum atomic E-state index is -0.667. The molecule has 1 saturated heterocycles.